The minimum Gasteiger partial charge on any atom is -0.480 e. The Morgan fingerprint density at radius 2 is 0.465 bits per heavy atom. The van der Waals surface area contributed by atoms with E-state index < -0.39 is 179 Å². The lowest BCUT2D eigenvalue weighted by molar-refractivity contribution is -0.142. The first-order valence-electron chi connectivity index (χ1n) is 41.6. The molecule has 0 aromatic heterocycles. The van der Waals surface area contributed by atoms with E-state index in [1.165, 1.54) is 10.8 Å². The molecule has 0 aromatic carbocycles. The van der Waals surface area contributed by atoms with Crippen LogP contribution in [-0.4, -0.2) is 374 Å². The van der Waals surface area contributed by atoms with Crippen LogP contribution in [0.1, 0.15) is 110 Å². The molecule has 0 aromatic rings. The third-order valence-corrected chi connectivity index (χ3v) is 21.2. The number of hydrogen-bond donors (Lipinski definition) is 38. The van der Waals surface area contributed by atoms with Gasteiger partial charge < -0.3 is 162 Å². The number of nitrogens with zero attached hydrogens (tertiary/aromatic N) is 4. The molecule has 1 fully saturated rings. The number of nitrogens with two attached hydrogens (primary N) is 8. The fraction of sp³-hybridized carbons (Fsp3) is 0.690. The van der Waals surface area contributed by atoms with Gasteiger partial charge in [-0.15, -0.1) is 0 Å². The predicted molar refractivity (Wildman–Crippen MR) is 480 cm³/mol. The molecule has 0 bridgehead atoms. The number of carboxylic acids is 4. The summed E-state index contributed by atoms with van der Waals surface area (Å²) < 4.78 is 0. The standard InChI is InChI=1S/C71H136N38O18S2/c1-41(110)97-50(40-129-128-35-26-88-51(111)36-106-27-29-107(37-52(112)113)31-33-109(39-54(116)117)34-32-108(30-28-106)38-53(114)115)62(125)104-47(15-7-23-94-69(82)83)60(123)102-45(13-5-21-92-67(78)79)58(121)100-43(11-3-19-90-65(74)75)56(119)98-42(10-2-18-89-64(72)73)55(118)99-44(12-4-20-91-66(76)77)57(120)101-46(14-6-22-93-68(80)81)59(122)103-48(16-8-24-95-70(84)85)61(124)105-49(63(126)127)17-9-25-96-71(86)87/h42-50H,2-40H2,1H3,(H,88,111)(H,97,110)(H,98,119)(H,99,118)(H,100,121)(H,101,120)(H,102,123)(H,103,122)(H,104,125)(H,105,124)(H,112,113)(H,114,115)(H,116,117)(H,126,127)(H4,72,73,89)(H4,74,75,90)(H4,76,77,91)(H4,78,79,92)(H4,80,81,93)(H4,82,83,94)(H4,84,85,95)(H4,86,87,96)/t42-,43-,44-,45-,46-,47-,48-,49-,50+/m0/s1. The summed E-state index contributed by atoms with van der Waals surface area (Å²) in [5.74, 6) is -17.3. The number of nitrogens with one attached hydrogen (secondary N) is 26. The average Bonchev–Trinajstić information content (AvgIpc) is 0.854. The maximum Gasteiger partial charge on any atom is 0.326 e. The van der Waals surface area contributed by atoms with Crippen LogP contribution >= 0.6 is 21.6 Å². The summed E-state index contributed by atoms with van der Waals surface area (Å²) in [6.45, 7) is 1.21. The molecule has 58 heteroatoms. The monoisotopic (exact) mass is 1870 g/mol. The third-order valence-electron chi connectivity index (χ3n) is 18.8. The predicted octanol–water partition coefficient (Wildman–Crippen LogP) is -12.5. The Bertz CT molecular complexity index is 3680. The minimum atomic E-state index is -1.64. The molecule has 0 unspecified atom stereocenters. The van der Waals surface area contributed by atoms with Gasteiger partial charge in [0, 0.05) is 130 Å². The Hall–Kier alpha value is -12.7. The van der Waals surface area contributed by atoms with Crippen LogP contribution in [-0.2, 0) is 67.1 Å². The summed E-state index contributed by atoms with van der Waals surface area (Å²) in [6.07, 6.45) is -1.73. The molecular weight excluding hydrogens is 1740 g/mol. The van der Waals surface area contributed by atoms with E-state index in [9.17, 15) is 82.8 Å². The fourth-order valence-corrected chi connectivity index (χ4v) is 14.5. The molecule has 10 amide bonds. The highest BCUT2D eigenvalue weighted by Gasteiger charge is 2.37. The quantitative estimate of drug-likeness (QED) is 0.0116. The van der Waals surface area contributed by atoms with Gasteiger partial charge in [-0.25, -0.2) is 4.79 Å². The Kier molecular flexibility index (Phi) is 58.3. The van der Waals surface area contributed by atoms with Crippen LogP contribution in [0.15, 0.2) is 0 Å². The lowest BCUT2D eigenvalue weighted by atomic mass is 10.0. The molecule has 1 aliphatic rings. The van der Waals surface area contributed by atoms with E-state index >= 15 is 4.79 Å². The van der Waals surface area contributed by atoms with Crippen LogP contribution in [0, 0.1) is 43.3 Å². The maximum absolute atomic E-state index is 15.0. The minimum absolute atomic E-state index is 0.00215. The summed E-state index contributed by atoms with van der Waals surface area (Å²) >= 11 is 0. The second kappa shape index (κ2) is 65.8. The number of guanidine groups is 8. The topological polar surface area (TPSA) is 948 Å². The Balaban J connectivity index is 3.86. The van der Waals surface area contributed by atoms with Gasteiger partial charge in [0.25, 0.3) is 0 Å². The second-order valence-corrected chi connectivity index (χ2v) is 32.3. The third kappa shape index (κ3) is 57.6. The number of rotatable bonds is 64. The maximum atomic E-state index is 15.0. The molecule has 1 saturated heterocycles. The second-order valence-electron chi connectivity index (χ2n) is 29.7. The van der Waals surface area contributed by atoms with Crippen molar-refractivity contribution in [3.8, 4) is 0 Å². The number of amides is 10. The van der Waals surface area contributed by atoms with Crippen molar-refractivity contribution < 1.29 is 87.5 Å². The van der Waals surface area contributed by atoms with Crippen LogP contribution < -0.4 is 142 Å². The zero-order valence-corrected chi connectivity index (χ0v) is 74.1. The molecular formula is C71H136N38O18S2. The Labute approximate surface area is 754 Å². The highest BCUT2D eigenvalue weighted by atomic mass is 33.1. The van der Waals surface area contributed by atoms with Crippen molar-refractivity contribution in [3.05, 3.63) is 0 Å². The largest absolute Gasteiger partial charge is 0.480 e. The molecule has 56 nitrogen and oxygen atoms in total. The molecule has 9 atom stereocenters. The number of carbonyl (C=O) groups is 14. The Morgan fingerprint density at radius 1 is 0.271 bits per heavy atom. The van der Waals surface area contributed by atoms with Crippen LogP contribution in [0.5, 0.6) is 0 Å². The van der Waals surface area contributed by atoms with E-state index in [2.05, 4.69) is 95.7 Å². The first-order chi connectivity index (χ1) is 60.9. The Morgan fingerprint density at radius 3 is 0.659 bits per heavy atom. The lowest BCUT2D eigenvalue weighted by Gasteiger charge is -2.32. The molecule has 0 saturated carbocycles. The van der Waals surface area contributed by atoms with Crippen molar-refractivity contribution in [1.29, 1.82) is 43.3 Å². The van der Waals surface area contributed by atoms with Gasteiger partial charge in [0.2, 0.25) is 59.1 Å². The first kappa shape index (κ1) is 114. The van der Waals surface area contributed by atoms with Crippen LogP contribution in [0.3, 0.4) is 0 Å². The first-order valence-corrected chi connectivity index (χ1v) is 44.1. The van der Waals surface area contributed by atoms with Crippen molar-refractivity contribution in [1.82, 2.24) is 115 Å². The van der Waals surface area contributed by atoms with E-state index in [1.54, 1.807) is 19.6 Å². The van der Waals surface area contributed by atoms with Gasteiger partial charge in [-0.05, 0) is 103 Å². The molecule has 0 spiro atoms. The zero-order chi connectivity index (χ0) is 96.9. The van der Waals surface area contributed by atoms with E-state index in [-0.39, 0.29) is 258 Å². The molecule has 129 heavy (non-hydrogen) atoms. The normalized spacial score (nSPS) is 14.7. The van der Waals surface area contributed by atoms with Crippen LogP contribution in [0.25, 0.3) is 0 Å². The van der Waals surface area contributed by atoms with Gasteiger partial charge in [-0.3, -0.25) is 125 Å². The summed E-state index contributed by atoms with van der Waals surface area (Å²) in [4.78, 5) is 198. The van der Waals surface area contributed by atoms with E-state index in [0.717, 1.165) is 17.7 Å². The molecule has 1 aliphatic heterocycles. The van der Waals surface area contributed by atoms with Crippen LogP contribution in [0.4, 0.5) is 0 Å². The molecule has 0 aliphatic carbocycles. The van der Waals surface area contributed by atoms with Gasteiger partial charge in [0.1, 0.15) is 54.4 Å². The van der Waals surface area contributed by atoms with Crippen molar-refractivity contribution >= 4 is 152 Å². The van der Waals surface area contributed by atoms with Gasteiger partial charge in [0.15, 0.2) is 47.7 Å². The van der Waals surface area contributed by atoms with Crippen molar-refractivity contribution in [2.45, 2.75) is 164 Å². The molecule has 730 valence electrons. The van der Waals surface area contributed by atoms with Crippen molar-refractivity contribution in [2.75, 3.05) is 149 Å². The molecule has 1 heterocycles. The smallest absolute Gasteiger partial charge is 0.326 e. The number of carbonyl (C=O) groups excluding carboxylic acids is 10. The van der Waals surface area contributed by atoms with Gasteiger partial charge >= 0.3 is 23.9 Å². The van der Waals surface area contributed by atoms with E-state index in [1.807, 2.05) is 0 Å². The lowest BCUT2D eigenvalue weighted by Crippen LogP contribution is -2.60. The van der Waals surface area contributed by atoms with E-state index in [0.29, 0.717) is 0 Å². The van der Waals surface area contributed by atoms with Gasteiger partial charge in [0.05, 0.1) is 26.2 Å². The van der Waals surface area contributed by atoms with Crippen molar-refractivity contribution in [2.24, 2.45) is 45.9 Å². The highest BCUT2D eigenvalue weighted by Crippen LogP contribution is 2.22. The molecule has 46 N–H and O–H groups in total. The zero-order valence-electron chi connectivity index (χ0n) is 72.5. The summed E-state index contributed by atoms with van der Waals surface area (Å²) in [7, 11) is 2.31. The average molecular weight is 1870 g/mol. The number of carboxylic acid groups (broad SMARTS) is 4. The fourth-order valence-electron chi connectivity index (χ4n) is 12.4. The number of aliphatic carboxylic acids is 4. The summed E-state index contributed by atoms with van der Waals surface area (Å²) in [5, 5.41) is 147. The van der Waals surface area contributed by atoms with Gasteiger partial charge in [-0.1, -0.05) is 21.6 Å². The SMILES string of the molecule is CC(=O)N[C@H](CSSCCNC(=O)CN1CCN(CC(=O)O)CCN(CC(=O)O)CCN(CC(=O)O)CC1)C(=O)N[C@@H](CCCNC(=N)N)C(=O)N[C@@H](CCCNC(=N)N)C(=O)N[C@@H](CCCNC(=N)N)C(=O)N[C@@H](CCCNC(=N)N)C(=O)N[C@@H](CCCNC(=N)N)C(=O)N[C@@H](CCCNC(=N)N)C(=O)N[C@@H](CCCNC(=N)N)C(=O)N[C@@H](CCCNC(=N)N)C(=O)O. The van der Waals surface area contributed by atoms with E-state index in [4.69, 9.17) is 89.1 Å². The summed E-state index contributed by atoms with van der Waals surface area (Å²) in [5.41, 5.74) is 44.2. The van der Waals surface area contributed by atoms with Gasteiger partial charge in [-0.2, -0.15) is 0 Å². The number of hydrogen-bond acceptors (Lipinski definition) is 28. The van der Waals surface area contributed by atoms with Crippen LogP contribution in [0.2, 0.25) is 0 Å². The highest BCUT2D eigenvalue weighted by molar-refractivity contribution is 8.76. The summed E-state index contributed by atoms with van der Waals surface area (Å²) in [6, 6.07) is -14.0. The molecule has 1 rings (SSSR count). The van der Waals surface area contributed by atoms with Crippen molar-refractivity contribution in [3.63, 3.8) is 0 Å². The molecule has 0 radical (unpaired) electrons.